The Morgan fingerprint density at radius 3 is 2.58 bits per heavy atom. The number of amides is 2. The van der Waals surface area contributed by atoms with Gasteiger partial charge in [-0.05, 0) is 24.1 Å². The van der Waals surface area contributed by atoms with Gasteiger partial charge < -0.3 is 10.4 Å². The molecule has 9 nitrogen and oxygen atoms in total. The first-order valence-corrected chi connectivity index (χ1v) is 7.60. The van der Waals surface area contributed by atoms with Gasteiger partial charge in [0.25, 0.3) is 0 Å². The summed E-state index contributed by atoms with van der Waals surface area (Å²) in [6, 6.07) is 13.1. The average molecular weight is 356 g/mol. The summed E-state index contributed by atoms with van der Waals surface area (Å²) in [5, 5.41) is 26.1. The second-order valence-corrected chi connectivity index (χ2v) is 5.20. The van der Waals surface area contributed by atoms with Crippen molar-refractivity contribution in [2.45, 2.75) is 6.42 Å². The topological polar surface area (TPSA) is 134 Å². The molecule has 134 valence electrons. The summed E-state index contributed by atoms with van der Waals surface area (Å²) in [7, 11) is 0. The van der Waals surface area contributed by atoms with Gasteiger partial charge in [0.05, 0.1) is 11.1 Å². The first-order valence-electron chi connectivity index (χ1n) is 7.60. The highest BCUT2D eigenvalue weighted by Crippen LogP contribution is 2.25. The predicted molar refractivity (Wildman–Crippen MR) is 93.7 cm³/mol. The fraction of sp³-hybridized carbons (Fsp3) is 0.118. The molecule has 0 saturated carbocycles. The van der Waals surface area contributed by atoms with Crippen molar-refractivity contribution in [1.29, 1.82) is 0 Å². The molecule has 0 fully saturated rings. The SMILES string of the molecule is O=C(NCCc1ccccc1)C(=O)N/N=C/c1ccc(O)c([N+](=O)[O-])c1. The van der Waals surface area contributed by atoms with E-state index < -0.39 is 28.2 Å². The number of aromatic hydroxyl groups is 1. The van der Waals surface area contributed by atoms with Crippen molar-refractivity contribution < 1.29 is 19.6 Å². The van der Waals surface area contributed by atoms with E-state index in [-0.39, 0.29) is 5.56 Å². The van der Waals surface area contributed by atoms with E-state index in [2.05, 4.69) is 10.4 Å². The highest BCUT2D eigenvalue weighted by molar-refractivity contribution is 6.35. The summed E-state index contributed by atoms with van der Waals surface area (Å²) in [5.41, 5.74) is 2.85. The Bertz CT molecular complexity index is 836. The number of nitro groups is 1. The number of hydrazone groups is 1. The Kier molecular flexibility index (Phi) is 6.38. The number of phenols is 1. The van der Waals surface area contributed by atoms with Crippen LogP contribution in [0, 0.1) is 10.1 Å². The molecule has 0 unspecified atom stereocenters. The number of nitrogens with zero attached hydrogens (tertiary/aromatic N) is 2. The lowest BCUT2D eigenvalue weighted by molar-refractivity contribution is -0.385. The van der Waals surface area contributed by atoms with Gasteiger partial charge >= 0.3 is 17.5 Å². The van der Waals surface area contributed by atoms with Gasteiger partial charge in [-0.2, -0.15) is 5.10 Å². The Morgan fingerprint density at radius 2 is 1.88 bits per heavy atom. The molecule has 0 aliphatic heterocycles. The summed E-state index contributed by atoms with van der Waals surface area (Å²) in [6.45, 7) is 0.296. The van der Waals surface area contributed by atoms with E-state index in [4.69, 9.17) is 0 Å². The summed E-state index contributed by atoms with van der Waals surface area (Å²) in [4.78, 5) is 33.2. The molecule has 0 atom stereocenters. The predicted octanol–water partition coefficient (Wildman–Crippen LogP) is 1.11. The van der Waals surface area contributed by atoms with E-state index in [1.165, 1.54) is 6.07 Å². The molecule has 0 bridgehead atoms. The number of nitrogens with one attached hydrogen (secondary N) is 2. The number of rotatable bonds is 6. The Labute approximate surface area is 148 Å². The maximum atomic E-state index is 11.6. The fourth-order valence-electron chi connectivity index (χ4n) is 2.03. The van der Waals surface area contributed by atoms with Crippen LogP contribution in [0.3, 0.4) is 0 Å². The van der Waals surface area contributed by atoms with E-state index in [9.17, 15) is 24.8 Å². The van der Waals surface area contributed by atoms with Crippen molar-refractivity contribution in [3.8, 4) is 5.75 Å². The number of nitro benzene ring substituents is 1. The van der Waals surface area contributed by atoms with E-state index in [1.54, 1.807) is 0 Å². The molecule has 0 saturated heterocycles. The number of hydrogen-bond donors (Lipinski definition) is 3. The van der Waals surface area contributed by atoms with Crippen LogP contribution in [0.25, 0.3) is 0 Å². The lowest BCUT2D eigenvalue weighted by Crippen LogP contribution is -2.38. The van der Waals surface area contributed by atoms with Crippen LogP contribution in [0.4, 0.5) is 5.69 Å². The van der Waals surface area contributed by atoms with Gasteiger partial charge in [-0.3, -0.25) is 19.7 Å². The smallest absolute Gasteiger partial charge is 0.329 e. The summed E-state index contributed by atoms with van der Waals surface area (Å²) >= 11 is 0. The zero-order valence-corrected chi connectivity index (χ0v) is 13.6. The molecule has 3 N–H and O–H groups in total. The Hall–Kier alpha value is -3.75. The summed E-state index contributed by atoms with van der Waals surface area (Å²) in [5.74, 6) is -2.27. The van der Waals surface area contributed by atoms with Crippen molar-refractivity contribution in [1.82, 2.24) is 10.7 Å². The van der Waals surface area contributed by atoms with Crippen molar-refractivity contribution in [2.75, 3.05) is 6.54 Å². The molecule has 2 rings (SSSR count). The Morgan fingerprint density at radius 1 is 1.15 bits per heavy atom. The fourth-order valence-corrected chi connectivity index (χ4v) is 2.03. The molecule has 0 aromatic heterocycles. The van der Waals surface area contributed by atoms with Gasteiger partial charge in [0.15, 0.2) is 5.75 Å². The van der Waals surface area contributed by atoms with Crippen LogP contribution in [0.1, 0.15) is 11.1 Å². The quantitative estimate of drug-likeness (QED) is 0.308. The maximum Gasteiger partial charge on any atom is 0.329 e. The van der Waals surface area contributed by atoms with Crippen LogP contribution in [0.15, 0.2) is 53.6 Å². The van der Waals surface area contributed by atoms with Crippen LogP contribution in [-0.2, 0) is 16.0 Å². The number of carbonyl (C=O) groups excluding carboxylic acids is 2. The second kappa shape index (κ2) is 8.92. The third-order valence-electron chi connectivity index (χ3n) is 3.32. The average Bonchev–Trinajstić information content (AvgIpc) is 2.63. The van der Waals surface area contributed by atoms with Crippen LogP contribution < -0.4 is 10.7 Å². The number of hydrogen-bond acceptors (Lipinski definition) is 6. The molecule has 0 spiro atoms. The van der Waals surface area contributed by atoms with Crippen molar-refractivity contribution in [3.05, 3.63) is 69.8 Å². The lowest BCUT2D eigenvalue weighted by atomic mass is 10.1. The molecule has 2 aromatic rings. The molecular formula is C17H16N4O5. The minimum absolute atomic E-state index is 0.277. The molecule has 2 amide bonds. The molecule has 0 heterocycles. The standard InChI is InChI=1S/C17H16N4O5/c22-15-7-6-13(10-14(15)21(25)26)11-19-20-17(24)16(23)18-9-8-12-4-2-1-3-5-12/h1-7,10-11,22H,8-9H2,(H,18,23)(H,20,24)/b19-11+. The monoisotopic (exact) mass is 356 g/mol. The number of benzene rings is 2. The second-order valence-electron chi connectivity index (χ2n) is 5.20. The van der Waals surface area contributed by atoms with Crippen LogP contribution in [0.2, 0.25) is 0 Å². The molecule has 0 aliphatic carbocycles. The first-order chi connectivity index (χ1) is 12.5. The van der Waals surface area contributed by atoms with Crippen molar-refractivity contribution >= 4 is 23.7 Å². The maximum absolute atomic E-state index is 11.6. The van der Waals surface area contributed by atoms with Crippen LogP contribution in [-0.4, -0.2) is 34.6 Å². The highest BCUT2D eigenvalue weighted by atomic mass is 16.6. The summed E-state index contributed by atoms with van der Waals surface area (Å²) < 4.78 is 0. The van der Waals surface area contributed by atoms with E-state index in [0.717, 1.165) is 23.9 Å². The largest absolute Gasteiger partial charge is 0.502 e. The normalized spacial score (nSPS) is 10.5. The van der Waals surface area contributed by atoms with E-state index in [1.807, 2.05) is 35.8 Å². The van der Waals surface area contributed by atoms with Crippen molar-refractivity contribution in [2.24, 2.45) is 5.10 Å². The van der Waals surface area contributed by atoms with E-state index in [0.29, 0.717) is 13.0 Å². The van der Waals surface area contributed by atoms with Gasteiger partial charge in [-0.15, -0.1) is 0 Å². The van der Waals surface area contributed by atoms with Gasteiger partial charge in [-0.25, -0.2) is 5.43 Å². The molecule has 26 heavy (non-hydrogen) atoms. The minimum Gasteiger partial charge on any atom is -0.502 e. The van der Waals surface area contributed by atoms with E-state index >= 15 is 0 Å². The third kappa shape index (κ3) is 5.41. The van der Waals surface area contributed by atoms with Gasteiger partial charge in [0.2, 0.25) is 0 Å². The molecule has 0 aliphatic rings. The van der Waals surface area contributed by atoms with Gasteiger partial charge in [0, 0.05) is 18.2 Å². The number of carbonyl (C=O) groups is 2. The minimum atomic E-state index is -0.956. The Balaban J connectivity index is 1.82. The number of phenolic OH excluding ortho intramolecular Hbond substituents is 1. The van der Waals surface area contributed by atoms with Gasteiger partial charge in [-0.1, -0.05) is 30.3 Å². The molecule has 2 aromatic carbocycles. The molecule has 0 radical (unpaired) electrons. The van der Waals surface area contributed by atoms with Crippen molar-refractivity contribution in [3.63, 3.8) is 0 Å². The summed E-state index contributed by atoms with van der Waals surface area (Å²) in [6.07, 6.45) is 1.71. The molecule has 9 heteroatoms. The van der Waals surface area contributed by atoms with Gasteiger partial charge in [0.1, 0.15) is 0 Å². The zero-order chi connectivity index (χ0) is 18.9. The zero-order valence-electron chi connectivity index (χ0n) is 13.6. The van der Waals surface area contributed by atoms with Crippen LogP contribution in [0.5, 0.6) is 5.75 Å². The highest BCUT2D eigenvalue weighted by Gasteiger charge is 2.13. The van der Waals surface area contributed by atoms with Crippen LogP contribution >= 0.6 is 0 Å². The lowest BCUT2D eigenvalue weighted by Gasteiger charge is -2.04. The molecular weight excluding hydrogens is 340 g/mol. The third-order valence-corrected chi connectivity index (χ3v) is 3.32. The first kappa shape index (κ1) is 18.6.